The van der Waals surface area contributed by atoms with Crippen LogP contribution >= 0.6 is 0 Å². The van der Waals surface area contributed by atoms with Gasteiger partial charge in [-0.1, -0.05) is 6.07 Å². The molecule has 20 heavy (non-hydrogen) atoms. The van der Waals surface area contributed by atoms with Crippen molar-refractivity contribution in [2.24, 2.45) is 0 Å². The van der Waals surface area contributed by atoms with E-state index >= 15 is 0 Å². The van der Waals surface area contributed by atoms with E-state index in [-0.39, 0.29) is 30.5 Å². The van der Waals surface area contributed by atoms with Crippen molar-refractivity contribution in [2.45, 2.75) is 32.2 Å². The predicted molar refractivity (Wildman–Crippen MR) is 71.1 cm³/mol. The SMILES string of the molecule is COc1ccc(CC(=O)NC(C)CCC(=O)O)cc1F. The van der Waals surface area contributed by atoms with Gasteiger partial charge in [0.15, 0.2) is 11.6 Å². The Morgan fingerprint density at radius 1 is 1.45 bits per heavy atom. The fraction of sp³-hybridized carbons (Fsp3) is 0.429. The molecule has 0 aliphatic carbocycles. The number of hydrogen-bond donors (Lipinski definition) is 2. The molecule has 110 valence electrons. The summed E-state index contributed by atoms with van der Waals surface area (Å²) in [5.74, 6) is -1.56. The second-order valence-electron chi connectivity index (χ2n) is 4.55. The van der Waals surface area contributed by atoms with E-state index in [0.717, 1.165) is 0 Å². The van der Waals surface area contributed by atoms with Gasteiger partial charge in [-0.25, -0.2) is 4.39 Å². The van der Waals surface area contributed by atoms with Gasteiger partial charge in [-0.2, -0.15) is 0 Å². The maximum atomic E-state index is 13.5. The fourth-order valence-electron chi connectivity index (χ4n) is 1.74. The zero-order chi connectivity index (χ0) is 15.1. The third-order valence-corrected chi connectivity index (χ3v) is 2.78. The van der Waals surface area contributed by atoms with Crippen LogP contribution in [0.3, 0.4) is 0 Å². The van der Waals surface area contributed by atoms with Crippen LogP contribution in [-0.4, -0.2) is 30.1 Å². The molecule has 1 unspecified atom stereocenters. The van der Waals surface area contributed by atoms with Gasteiger partial charge in [-0.3, -0.25) is 9.59 Å². The van der Waals surface area contributed by atoms with Crippen molar-refractivity contribution >= 4 is 11.9 Å². The van der Waals surface area contributed by atoms with E-state index in [9.17, 15) is 14.0 Å². The van der Waals surface area contributed by atoms with Crippen LogP contribution < -0.4 is 10.1 Å². The molecule has 0 radical (unpaired) electrons. The van der Waals surface area contributed by atoms with Gasteiger partial charge in [-0.05, 0) is 31.0 Å². The molecule has 1 atom stereocenters. The third-order valence-electron chi connectivity index (χ3n) is 2.78. The number of amides is 1. The summed E-state index contributed by atoms with van der Waals surface area (Å²) in [7, 11) is 1.37. The van der Waals surface area contributed by atoms with Gasteiger partial charge in [0.25, 0.3) is 0 Å². The van der Waals surface area contributed by atoms with Gasteiger partial charge < -0.3 is 15.2 Å². The first-order valence-corrected chi connectivity index (χ1v) is 6.26. The summed E-state index contributed by atoms with van der Waals surface area (Å²) in [4.78, 5) is 22.1. The predicted octanol–water partition coefficient (Wildman–Crippen LogP) is 1.75. The summed E-state index contributed by atoms with van der Waals surface area (Å²) in [6.07, 6.45) is 0.398. The molecule has 0 spiro atoms. The minimum Gasteiger partial charge on any atom is -0.494 e. The van der Waals surface area contributed by atoms with Crippen LogP contribution in [0, 0.1) is 5.82 Å². The smallest absolute Gasteiger partial charge is 0.303 e. The van der Waals surface area contributed by atoms with Crippen LogP contribution in [0.25, 0.3) is 0 Å². The van der Waals surface area contributed by atoms with E-state index in [0.29, 0.717) is 12.0 Å². The topological polar surface area (TPSA) is 75.6 Å². The fourth-order valence-corrected chi connectivity index (χ4v) is 1.74. The van der Waals surface area contributed by atoms with Crippen molar-refractivity contribution in [1.82, 2.24) is 5.32 Å². The van der Waals surface area contributed by atoms with Crippen molar-refractivity contribution in [3.05, 3.63) is 29.6 Å². The molecular weight excluding hydrogens is 265 g/mol. The summed E-state index contributed by atoms with van der Waals surface area (Å²) in [6.45, 7) is 1.73. The number of rotatable bonds is 7. The lowest BCUT2D eigenvalue weighted by Gasteiger charge is -2.13. The first-order chi connectivity index (χ1) is 9.42. The van der Waals surface area contributed by atoms with Gasteiger partial charge in [0.05, 0.1) is 13.5 Å². The first-order valence-electron chi connectivity index (χ1n) is 6.26. The van der Waals surface area contributed by atoms with E-state index < -0.39 is 11.8 Å². The van der Waals surface area contributed by atoms with Gasteiger partial charge >= 0.3 is 5.97 Å². The standard InChI is InChI=1S/C14H18FNO4/c1-9(3-6-14(18)19)16-13(17)8-10-4-5-12(20-2)11(15)7-10/h4-5,7,9H,3,6,8H2,1-2H3,(H,16,17)(H,18,19). The highest BCUT2D eigenvalue weighted by Crippen LogP contribution is 2.17. The number of carboxylic acids is 1. The molecule has 0 heterocycles. The van der Waals surface area contributed by atoms with Crippen LogP contribution in [-0.2, 0) is 16.0 Å². The molecule has 5 nitrogen and oxygen atoms in total. The van der Waals surface area contributed by atoms with E-state index in [1.807, 2.05) is 0 Å². The number of aliphatic carboxylic acids is 1. The van der Waals surface area contributed by atoms with Crippen LogP contribution in [0.4, 0.5) is 4.39 Å². The van der Waals surface area contributed by atoms with Gasteiger partial charge in [0, 0.05) is 12.5 Å². The van der Waals surface area contributed by atoms with E-state index in [1.165, 1.54) is 19.2 Å². The van der Waals surface area contributed by atoms with E-state index in [4.69, 9.17) is 9.84 Å². The summed E-state index contributed by atoms with van der Waals surface area (Å²) in [5, 5.41) is 11.2. The zero-order valence-corrected chi connectivity index (χ0v) is 11.5. The van der Waals surface area contributed by atoms with Crippen molar-refractivity contribution in [3.8, 4) is 5.75 Å². The normalized spacial score (nSPS) is 11.8. The monoisotopic (exact) mass is 283 g/mol. The maximum Gasteiger partial charge on any atom is 0.303 e. The quantitative estimate of drug-likeness (QED) is 0.799. The lowest BCUT2D eigenvalue weighted by Crippen LogP contribution is -2.34. The molecule has 0 saturated heterocycles. The highest BCUT2D eigenvalue weighted by atomic mass is 19.1. The highest BCUT2D eigenvalue weighted by Gasteiger charge is 2.11. The number of carbonyl (C=O) groups is 2. The molecule has 0 aliphatic rings. The molecule has 0 fully saturated rings. The summed E-state index contributed by atoms with van der Waals surface area (Å²) in [6, 6.07) is 4.09. The Bertz CT molecular complexity index is 490. The summed E-state index contributed by atoms with van der Waals surface area (Å²) in [5.41, 5.74) is 0.534. The number of nitrogens with one attached hydrogen (secondary N) is 1. The minimum absolute atomic E-state index is 0.00138. The molecule has 1 aromatic rings. The van der Waals surface area contributed by atoms with E-state index in [1.54, 1.807) is 13.0 Å². The maximum absolute atomic E-state index is 13.5. The lowest BCUT2D eigenvalue weighted by atomic mass is 10.1. The second kappa shape index (κ2) is 7.47. The van der Waals surface area contributed by atoms with Crippen molar-refractivity contribution in [1.29, 1.82) is 0 Å². The van der Waals surface area contributed by atoms with Gasteiger partial charge in [-0.15, -0.1) is 0 Å². The molecule has 1 aromatic carbocycles. The second-order valence-corrected chi connectivity index (χ2v) is 4.55. The number of benzene rings is 1. The van der Waals surface area contributed by atoms with Crippen molar-refractivity contribution in [3.63, 3.8) is 0 Å². The molecule has 1 amide bonds. The number of carbonyl (C=O) groups excluding carboxylic acids is 1. The van der Waals surface area contributed by atoms with Crippen LogP contribution in [0.15, 0.2) is 18.2 Å². The molecule has 6 heteroatoms. The van der Waals surface area contributed by atoms with Crippen molar-refractivity contribution < 1.29 is 23.8 Å². The zero-order valence-electron chi connectivity index (χ0n) is 11.5. The Hall–Kier alpha value is -2.11. The average molecular weight is 283 g/mol. The first kappa shape index (κ1) is 15.9. The summed E-state index contributed by atoms with van der Waals surface area (Å²) >= 11 is 0. The summed E-state index contributed by atoms with van der Waals surface area (Å²) < 4.78 is 18.2. The number of hydrogen-bond acceptors (Lipinski definition) is 3. The average Bonchev–Trinajstić information content (AvgIpc) is 2.36. The Morgan fingerprint density at radius 3 is 2.70 bits per heavy atom. The van der Waals surface area contributed by atoms with Crippen LogP contribution in [0.2, 0.25) is 0 Å². The Kier molecular flexibility index (Phi) is 5.96. The molecule has 0 bridgehead atoms. The van der Waals surface area contributed by atoms with E-state index in [2.05, 4.69) is 5.32 Å². The molecule has 0 aromatic heterocycles. The minimum atomic E-state index is -0.900. The van der Waals surface area contributed by atoms with Crippen LogP contribution in [0.5, 0.6) is 5.75 Å². The molecular formula is C14H18FNO4. The van der Waals surface area contributed by atoms with Crippen LogP contribution in [0.1, 0.15) is 25.3 Å². The largest absolute Gasteiger partial charge is 0.494 e. The molecule has 0 aliphatic heterocycles. The number of carboxylic acid groups (broad SMARTS) is 1. The third kappa shape index (κ3) is 5.26. The van der Waals surface area contributed by atoms with Crippen molar-refractivity contribution in [2.75, 3.05) is 7.11 Å². The molecule has 0 saturated carbocycles. The number of ether oxygens (including phenoxy) is 1. The number of halogens is 1. The lowest BCUT2D eigenvalue weighted by molar-refractivity contribution is -0.137. The van der Waals surface area contributed by atoms with Gasteiger partial charge in [0.1, 0.15) is 0 Å². The Labute approximate surface area is 116 Å². The number of methoxy groups -OCH3 is 1. The Balaban J connectivity index is 2.49. The molecule has 2 N–H and O–H groups in total. The molecule has 1 rings (SSSR count). The highest BCUT2D eigenvalue weighted by molar-refractivity contribution is 5.79. The Morgan fingerprint density at radius 2 is 2.15 bits per heavy atom. The van der Waals surface area contributed by atoms with Gasteiger partial charge in [0.2, 0.25) is 5.91 Å².